The van der Waals surface area contributed by atoms with Gasteiger partial charge in [-0.1, -0.05) is 6.07 Å². The highest BCUT2D eigenvalue weighted by Crippen LogP contribution is 2.52. The van der Waals surface area contributed by atoms with Crippen molar-refractivity contribution in [3.05, 3.63) is 45.7 Å². The molecule has 3 aliphatic carbocycles. The van der Waals surface area contributed by atoms with Crippen LogP contribution < -0.4 is 5.73 Å². The van der Waals surface area contributed by atoms with Crippen LogP contribution in [0.4, 0.5) is 0 Å². The zero-order chi connectivity index (χ0) is 26.7. The molecule has 0 aliphatic heterocycles. The summed E-state index contributed by atoms with van der Waals surface area (Å²) in [5.41, 5.74) is 3.55. The second-order valence-electron chi connectivity index (χ2n) is 10.5. The summed E-state index contributed by atoms with van der Waals surface area (Å²) in [4.78, 5) is 42.5. The second-order valence-corrected chi connectivity index (χ2v) is 10.5. The van der Waals surface area contributed by atoms with Crippen LogP contribution in [0.5, 0.6) is 5.75 Å². The van der Waals surface area contributed by atoms with Crippen molar-refractivity contribution in [3.63, 3.8) is 0 Å². The Labute approximate surface area is 209 Å². The number of rotatable bonds is 6. The number of aryl methyl sites for hydroxylation is 1. The van der Waals surface area contributed by atoms with E-state index < -0.39 is 58.0 Å². The van der Waals surface area contributed by atoms with Crippen molar-refractivity contribution in [2.45, 2.75) is 37.3 Å². The summed E-state index contributed by atoms with van der Waals surface area (Å²) in [6.07, 6.45) is 1.93. The quantitative estimate of drug-likeness (QED) is 0.350. The summed E-state index contributed by atoms with van der Waals surface area (Å²) < 4.78 is 0. The lowest BCUT2D eigenvalue weighted by Crippen LogP contribution is -2.65. The number of aliphatic hydroxyl groups excluding tert-OH is 2. The molecule has 1 fully saturated rings. The number of ketones is 2. The number of aromatic hydroxyl groups is 1. The van der Waals surface area contributed by atoms with Gasteiger partial charge >= 0.3 is 0 Å². The van der Waals surface area contributed by atoms with Gasteiger partial charge in [0.25, 0.3) is 5.91 Å². The molecule has 4 rings (SSSR count). The molecule has 36 heavy (non-hydrogen) atoms. The number of aliphatic hydroxyl groups is 3. The number of Topliss-reactive ketones (excluding diaryl/α,β-unsaturated/α-hetero) is 2. The van der Waals surface area contributed by atoms with Crippen LogP contribution in [0.3, 0.4) is 0 Å². The summed E-state index contributed by atoms with van der Waals surface area (Å²) in [5, 5.41) is 44.3. The molecule has 4 atom stereocenters. The molecular formula is C26H33N3O7. The summed E-state index contributed by atoms with van der Waals surface area (Å²) in [5.74, 6) is -6.40. The standard InChI is InChI=1S/C26H33N3O7/c1-28(2)9-5-6-12-7-8-16(30)18-14(12)10-13-11-15-20(29(3)4)22(32)19(25(27)35)24(34)26(15,36)23(33)17(13)21(18)31/h7-8,13,15,20,30-31,34,36H,5-6,9-11H2,1-4H3,(H2,27,35)/t13-,15-,20-,26-/m1/s1. The fourth-order valence-corrected chi connectivity index (χ4v) is 6.13. The molecule has 194 valence electrons. The zero-order valence-electron chi connectivity index (χ0n) is 20.9. The van der Waals surface area contributed by atoms with E-state index in [0.717, 1.165) is 24.1 Å². The first-order valence-corrected chi connectivity index (χ1v) is 12.0. The minimum Gasteiger partial charge on any atom is -0.508 e. The molecular weight excluding hydrogens is 466 g/mol. The first-order valence-electron chi connectivity index (χ1n) is 12.0. The van der Waals surface area contributed by atoms with Crippen LogP contribution in [0.15, 0.2) is 29.0 Å². The number of benzene rings is 1. The smallest absolute Gasteiger partial charge is 0.255 e. The third kappa shape index (κ3) is 3.71. The summed E-state index contributed by atoms with van der Waals surface area (Å²) in [7, 11) is 7.10. The van der Waals surface area contributed by atoms with Crippen molar-refractivity contribution in [2.75, 3.05) is 34.7 Å². The van der Waals surface area contributed by atoms with Gasteiger partial charge in [0, 0.05) is 11.5 Å². The number of fused-ring (bicyclic) bond motifs is 3. The third-order valence-electron chi connectivity index (χ3n) is 7.75. The van der Waals surface area contributed by atoms with E-state index in [-0.39, 0.29) is 23.3 Å². The first kappa shape index (κ1) is 25.9. The number of nitrogens with two attached hydrogens (primary N) is 1. The van der Waals surface area contributed by atoms with Gasteiger partial charge in [0.15, 0.2) is 11.4 Å². The van der Waals surface area contributed by atoms with Crippen LogP contribution in [-0.4, -0.2) is 94.1 Å². The van der Waals surface area contributed by atoms with Crippen molar-refractivity contribution in [3.8, 4) is 5.75 Å². The van der Waals surface area contributed by atoms with Crippen LogP contribution in [0.2, 0.25) is 0 Å². The number of phenols is 1. The van der Waals surface area contributed by atoms with Crippen molar-refractivity contribution in [2.24, 2.45) is 17.6 Å². The average molecular weight is 500 g/mol. The molecule has 10 nitrogen and oxygen atoms in total. The topological polar surface area (TPSA) is 165 Å². The third-order valence-corrected chi connectivity index (χ3v) is 7.75. The van der Waals surface area contributed by atoms with Crippen molar-refractivity contribution in [1.82, 2.24) is 9.80 Å². The van der Waals surface area contributed by atoms with Crippen LogP contribution in [-0.2, 0) is 27.2 Å². The molecule has 0 aromatic heterocycles. The predicted octanol–water partition coefficient (Wildman–Crippen LogP) is 0.458. The number of nitrogens with zero attached hydrogens (tertiary/aromatic N) is 2. The molecule has 0 spiro atoms. The normalized spacial score (nSPS) is 27.9. The lowest BCUT2D eigenvalue weighted by Gasteiger charge is -2.50. The number of primary amides is 1. The van der Waals surface area contributed by atoms with E-state index >= 15 is 0 Å². The lowest BCUT2D eigenvalue weighted by atomic mass is 9.57. The summed E-state index contributed by atoms with van der Waals surface area (Å²) in [6, 6.07) is 2.19. The summed E-state index contributed by atoms with van der Waals surface area (Å²) in [6.45, 7) is 0.847. The van der Waals surface area contributed by atoms with Crippen molar-refractivity contribution >= 4 is 23.2 Å². The molecule has 6 N–H and O–H groups in total. The SMILES string of the molecule is CN(C)CCCc1ccc(O)c2c1C[C@@H]1C[C@@H]3[C@@H](N(C)C)C(=O)C(C(N)=O)=C(O)[C@]3(O)C(=O)C1=C2O. The number of phenolic OH excluding ortho intramolecular Hbond substituents is 1. The van der Waals surface area contributed by atoms with Crippen molar-refractivity contribution in [1.29, 1.82) is 0 Å². The van der Waals surface area contributed by atoms with Gasteiger partial charge in [0.05, 0.1) is 11.6 Å². The molecule has 10 heteroatoms. The fourth-order valence-electron chi connectivity index (χ4n) is 6.13. The van der Waals surface area contributed by atoms with Gasteiger partial charge in [0.1, 0.15) is 22.8 Å². The molecule has 1 amide bonds. The molecule has 1 saturated carbocycles. The molecule has 1 aromatic carbocycles. The Hall–Kier alpha value is -3.21. The molecule has 0 unspecified atom stereocenters. The van der Waals surface area contributed by atoms with Gasteiger partial charge in [-0.25, -0.2) is 0 Å². The predicted molar refractivity (Wildman–Crippen MR) is 131 cm³/mol. The minimum atomic E-state index is -2.62. The van der Waals surface area contributed by atoms with Gasteiger partial charge in [-0.15, -0.1) is 0 Å². The van der Waals surface area contributed by atoms with Gasteiger partial charge < -0.3 is 31.1 Å². The monoisotopic (exact) mass is 499 g/mol. The van der Waals surface area contributed by atoms with Gasteiger partial charge in [-0.2, -0.15) is 0 Å². The Kier molecular flexibility index (Phi) is 6.48. The van der Waals surface area contributed by atoms with E-state index in [1.54, 1.807) is 14.1 Å². The highest BCUT2D eigenvalue weighted by Gasteiger charge is 2.64. The maximum Gasteiger partial charge on any atom is 0.255 e. The maximum absolute atomic E-state index is 13.8. The van der Waals surface area contributed by atoms with Crippen LogP contribution in [0, 0.1) is 11.8 Å². The molecule has 0 bridgehead atoms. The van der Waals surface area contributed by atoms with E-state index in [2.05, 4.69) is 4.90 Å². The van der Waals surface area contributed by atoms with E-state index in [1.807, 2.05) is 20.2 Å². The van der Waals surface area contributed by atoms with E-state index in [9.17, 15) is 34.8 Å². The first-order chi connectivity index (χ1) is 16.8. The molecule has 0 saturated heterocycles. The average Bonchev–Trinajstić information content (AvgIpc) is 2.77. The Morgan fingerprint density at radius 2 is 1.81 bits per heavy atom. The minimum absolute atomic E-state index is 0.0819. The molecule has 3 aliphatic rings. The van der Waals surface area contributed by atoms with E-state index in [0.29, 0.717) is 12.8 Å². The van der Waals surface area contributed by atoms with Gasteiger partial charge in [-0.3, -0.25) is 19.3 Å². The Morgan fingerprint density at radius 1 is 1.14 bits per heavy atom. The van der Waals surface area contributed by atoms with Gasteiger partial charge in [0.2, 0.25) is 5.78 Å². The zero-order valence-corrected chi connectivity index (χ0v) is 20.9. The van der Waals surface area contributed by atoms with Gasteiger partial charge in [-0.05, 0) is 83.5 Å². The second kappa shape index (κ2) is 9.02. The van der Waals surface area contributed by atoms with Crippen LogP contribution in [0.1, 0.15) is 29.5 Å². The summed E-state index contributed by atoms with van der Waals surface area (Å²) >= 11 is 0. The number of carbonyl (C=O) groups is 3. The highest BCUT2D eigenvalue weighted by molar-refractivity contribution is 6.24. The Bertz CT molecular complexity index is 1220. The number of carbonyl (C=O) groups excluding carboxylic acids is 3. The number of likely N-dealkylation sites (N-methyl/N-ethyl adjacent to an activating group) is 1. The van der Waals surface area contributed by atoms with E-state index in [4.69, 9.17) is 5.73 Å². The van der Waals surface area contributed by atoms with Crippen molar-refractivity contribution < 1.29 is 34.8 Å². The molecule has 0 heterocycles. The van der Waals surface area contributed by atoms with Crippen LogP contribution >= 0.6 is 0 Å². The largest absolute Gasteiger partial charge is 0.508 e. The number of amides is 1. The highest BCUT2D eigenvalue weighted by atomic mass is 16.3. The molecule has 1 aromatic rings. The van der Waals surface area contributed by atoms with Crippen LogP contribution in [0.25, 0.3) is 5.76 Å². The Morgan fingerprint density at radius 3 is 2.39 bits per heavy atom. The fraction of sp³-hybridized carbons (Fsp3) is 0.500. The maximum atomic E-state index is 13.8. The van der Waals surface area contributed by atoms with E-state index in [1.165, 1.54) is 11.0 Å². The molecule has 0 radical (unpaired) electrons. The Balaban J connectivity index is 1.88. The lowest BCUT2D eigenvalue weighted by molar-refractivity contribution is -0.153. The number of hydrogen-bond donors (Lipinski definition) is 5. The number of hydrogen-bond acceptors (Lipinski definition) is 9.